The van der Waals surface area contributed by atoms with Crippen LogP contribution in [0.2, 0.25) is 0 Å². The zero-order chi connectivity index (χ0) is 10.8. The third-order valence-corrected chi connectivity index (χ3v) is 3.04. The van der Waals surface area contributed by atoms with E-state index in [1.54, 1.807) is 0 Å². The number of aromatic nitrogens is 5. The van der Waals surface area contributed by atoms with Gasteiger partial charge in [-0.15, -0.1) is 5.10 Å². The molecule has 0 amide bonds. The van der Waals surface area contributed by atoms with Crippen LogP contribution in [0.5, 0.6) is 0 Å². The van der Waals surface area contributed by atoms with E-state index >= 15 is 0 Å². The largest absolute Gasteiger partial charge is 0.274 e. The Hall–Kier alpha value is -0.920. The van der Waals surface area contributed by atoms with Gasteiger partial charge in [0.05, 0.1) is 5.69 Å². The first-order valence-electron chi connectivity index (χ1n) is 4.76. The lowest BCUT2D eigenvalue weighted by Crippen LogP contribution is -1.93. The number of halogens is 1. The topological polar surface area (TPSA) is 48.5 Å². The van der Waals surface area contributed by atoms with Gasteiger partial charge in [-0.05, 0) is 29.5 Å². The standard InChI is InChI=1S/C9H12IN5/c1-3-15-6-8(11-13-15)4-7-5-14(2)12-9(7)10/h5-6H,3-4H2,1-2H3. The Bertz CT molecular complexity index is 459. The summed E-state index contributed by atoms with van der Waals surface area (Å²) in [5.41, 5.74) is 2.18. The van der Waals surface area contributed by atoms with Gasteiger partial charge in [-0.1, -0.05) is 5.21 Å². The number of rotatable bonds is 3. The van der Waals surface area contributed by atoms with Crippen molar-refractivity contribution in [1.82, 2.24) is 24.8 Å². The van der Waals surface area contributed by atoms with E-state index in [4.69, 9.17) is 0 Å². The van der Waals surface area contributed by atoms with Crippen LogP contribution in [0, 0.1) is 3.70 Å². The average molecular weight is 317 g/mol. The fraction of sp³-hybridized carbons (Fsp3) is 0.444. The van der Waals surface area contributed by atoms with Gasteiger partial charge in [0.25, 0.3) is 0 Å². The van der Waals surface area contributed by atoms with Crippen molar-refractivity contribution >= 4 is 22.6 Å². The van der Waals surface area contributed by atoms with Gasteiger partial charge < -0.3 is 0 Å². The molecule has 15 heavy (non-hydrogen) atoms. The van der Waals surface area contributed by atoms with Crippen molar-refractivity contribution in [2.45, 2.75) is 19.9 Å². The van der Waals surface area contributed by atoms with Crippen molar-refractivity contribution in [1.29, 1.82) is 0 Å². The Balaban J connectivity index is 2.17. The number of hydrogen-bond donors (Lipinski definition) is 0. The smallest absolute Gasteiger partial charge is 0.126 e. The molecule has 0 aliphatic heterocycles. The van der Waals surface area contributed by atoms with Gasteiger partial charge in [0.2, 0.25) is 0 Å². The van der Waals surface area contributed by atoms with Crippen molar-refractivity contribution in [2.75, 3.05) is 0 Å². The molecule has 0 saturated carbocycles. The van der Waals surface area contributed by atoms with Gasteiger partial charge in [-0.2, -0.15) is 5.10 Å². The third-order valence-electron chi connectivity index (χ3n) is 2.13. The lowest BCUT2D eigenvalue weighted by molar-refractivity contribution is 0.626. The maximum Gasteiger partial charge on any atom is 0.126 e. The van der Waals surface area contributed by atoms with Crippen molar-refractivity contribution in [3.05, 3.63) is 27.4 Å². The summed E-state index contributed by atoms with van der Waals surface area (Å²) in [5.74, 6) is 0. The van der Waals surface area contributed by atoms with Crippen molar-refractivity contribution in [2.24, 2.45) is 7.05 Å². The third kappa shape index (κ3) is 2.36. The van der Waals surface area contributed by atoms with Crippen LogP contribution in [0.1, 0.15) is 18.2 Å². The van der Waals surface area contributed by atoms with Crippen LogP contribution >= 0.6 is 22.6 Å². The van der Waals surface area contributed by atoms with Gasteiger partial charge in [0.15, 0.2) is 0 Å². The highest BCUT2D eigenvalue weighted by Gasteiger charge is 2.07. The fourth-order valence-corrected chi connectivity index (χ4v) is 2.07. The minimum atomic E-state index is 0.798. The molecule has 0 unspecified atom stereocenters. The summed E-state index contributed by atoms with van der Waals surface area (Å²) in [6.45, 7) is 2.91. The summed E-state index contributed by atoms with van der Waals surface area (Å²) < 4.78 is 4.68. The second kappa shape index (κ2) is 4.30. The highest BCUT2D eigenvalue weighted by Crippen LogP contribution is 2.13. The Kier molecular flexibility index (Phi) is 3.03. The Morgan fingerprint density at radius 2 is 2.20 bits per heavy atom. The molecular formula is C9H12IN5. The molecule has 0 aliphatic carbocycles. The second-order valence-electron chi connectivity index (χ2n) is 3.36. The predicted molar refractivity (Wildman–Crippen MR) is 64.4 cm³/mol. The average Bonchev–Trinajstić information content (AvgIpc) is 2.75. The molecular weight excluding hydrogens is 305 g/mol. The molecule has 0 spiro atoms. The first-order chi connectivity index (χ1) is 7.19. The second-order valence-corrected chi connectivity index (χ2v) is 4.38. The lowest BCUT2D eigenvalue weighted by Gasteiger charge is -1.91. The first-order valence-corrected chi connectivity index (χ1v) is 5.84. The van der Waals surface area contributed by atoms with E-state index in [2.05, 4.69) is 38.0 Å². The Morgan fingerprint density at radius 3 is 2.73 bits per heavy atom. The molecule has 2 rings (SSSR count). The van der Waals surface area contributed by atoms with Gasteiger partial charge in [0.1, 0.15) is 3.70 Å². The van der Waals surface area contributed by atoms with E-state index in [1.807, 2.05) is 35.7 Å². The van der Waals surface area contributed by atoms with Crippen LogP contribution < -0.4 is 0 Å². The molecule has 0 bridgehead atoms. The molecule has 0 saturated heterocycles. The van der Waals surface area contributed by atoms with E-state index in [1.165, 1.54) is 5.56 Å². The van der Waals surface area contributed by atoms with Crippen molar-refractivity contribution < 1.29 is 0 Å². The molecule has 0 aliphatic rings. The number of nitrogens with zero attached hydrogens (tertiary/aromatic N) is 5. The van der Waals surface area contributed by atoms with E-state index in [0.29, 0.717) is 0 Å². The zero-order valence-corrected chi connectivity index (χ0v) is 10.8. The molecule has 80 valence electrons. The van der Waals surface area contributed by atoms with Crippen LogP contribution in [0.4, 0.5) is 0 Å². The number of hydrogen-bond acceptors (Lipinski definition) is 3. The molecule has 2 heterocycles. The fourth-order valence-electron chi connectivity index (χ4n) is 1.40. The summed E-state index contributed by atoms with van der Waals surface area (Å²) in [7, 11) is 1.93. The van der Waals surface area contributed by atoms with Crippen LogP contribution in [0.15, 0.2) is 12.4 Å². The molecule has 2 aromatic rings. The van der Waals surface area contributed by atoms with Gasteiger partial charge in [-0.25, -0.2) is 0 Å². The highest BCUT2D eigenvalue weighted by molar-refractivity contribution is 14.1. The van der Waals surface area contributed by atoms with E-state index in [-0.39, 0.29) is 0 Å². The monoisotopic (exact) mass is 317 g/mol. The summed E-state index contributed by atoms with van der Waals surface area (Å²) >= 11 is 2.24. The van der Waals surface area contributed by atoms with Crippen LogP contribution in [0.25, 0.3) is 0 Å². The summed E-state index contributed by atoms with van der Waals surface area (Å²) in [4.78, 5) is 0. The quantitative estimate of drug-likeness (QED) is 0.800. The minimum absolute atomic E-state index is 0.798. The summed E-state index contributed by atoms with van der Waals surface area (Å²) in [6.07, 6.45) is 4.79. The Morgan fingerprint density at radius 1 is 1.40 bits per heavy atom. The van der Waals surface area contributed by atoms with E-state index < -0.39 is 0 Å². The molecule has 5 nitrogen and oxygen atoms in total. The Labute approximate surface area is 102 Å². The van der Waals surface area contributed by atoms with Crippen molar-refractivity contribution in [3.8, 4) is 0 Å². The summed E-state index contributed by atoms with van der Waals surface area (Å²) in [6, 6.07) is 0. The van der Waals surface area contributed by atoms with Crippen LogP contribution in [0.3, 0.4) is 0 Å². The lowest BCUT2D eigenvalue weighted by atomic mass is 10.2. The minimum Gasteiger partial charge on any atom is -0.274 e. The summed E-state index contributed by atoms with van der Waals surface area (Å²) in [5, 5.41) is 12.4. The number of aryl methyl sites for hydroxylation is 2. The molecule has 2 aromatic heterocycles. The molecule has 0 radical (unpaired) electrons. The van der Waals surface area contributed by atoms with Gasteiger partial charge >= 0.3 is 0 Å². The van der Waals surface area contributed by atoms with E-state index in [0.717, 1.165) is 22.4 Å². The predicted octanol–water partition coefficient (Wildman–Crippen LogP) is 1.23. The molecule has 6 heteroatoms. The molecule has 0 aromatic carbocycles. The molecule has 0 fully saturated rings. The van der Waals surface area contributed by atoms with Crippen LogP contribution in [-0.2, 0) is 20.0 Å². The molecule has 0 N–H and O–H groups in total. The van der Waals surface area contributed by atoms with Gasteiger partial charge in [0, 0.05) is 38.0 Å². The zero-order valence-electron chi connectivity index (χ0n) is 8.68. The highest BCUT2D eigenvalue weighted by atomic mass is 127. The first kappa shape index (κ1) is 10.6. The van der Waals surface area contributed by atoms with Crippen LogP contribution in [-0.4, -0.2) is 24.8 Å². The van der Waals surface area contributed by atoms with Crippen molar-refractivity contribution in [3.63, 3.8) is 0 Å². The SMILES string of the molecule is CCn1cc(Cc2cn(C)nc2I)nn1. The van der Waals surface area contributed by atoms with E-state index in [9.17, 15) is 0 Å². The van der Waals surface area contributed by atoms with Gasteiger partial charge in [-0.3, -0.25) is 9.36 Å². The maximum absolute atomic E-state index is 4.28. The molecule has 0 atom stereocenters. The normalized spacial score (nSPS) is 10.9. The maximum atomic E-state index is 4.28.